The molecular weight excluding hydrogens is 236 g/mol. The van der Waals surface area contributed by atoms with Crippen LogP contribution < -0.4 is 5.32 Å². The minimum atomic E-state index is 0.467. The third-order valence-corrected chi connectivity index (χ3v) is 4.85. The molecule has 1 atom stereocenters. The minimum absolute atomic E-state index is 0.467. The van der Waals surface area contributed by atoms with Crippen molar-refractivity contribution in [3.8, 4) is 0 Å². The van der Waals surface area contributed by atoms with Crippen molar-refractivity contribution in [2.45, 2.75) is 58.5 Å². The molecule has 1 saturated heterocycles. The zero-order valence-corrected chi connectivity index (χ0v) is 13.2. The normalized spacial score (nSPS) is 24.6. The van der Waals surface area contributed by atoms with E-state index in [0.717, 1.165) is 25.1 Å². The summed E-state index contributed by atoms with van der Waals surface area (Å²) >= 11 is 0. The fraction of sp³-hybridized carbons (Fsp3) is 1.00. The van der Waals surface area contributed by atoms with Gasteiger partial charge >= 0.3 is 0 Å². The lowest BCUT2D eigenvalue weighted by molar-refractivity contribution is 0.0434. The standard InChI is InChI=1S/C16H32N2O/c1-16(2,3)13-7-9-18(10-8-13)15(12-19-4)11-17-14-5-6-14/h13-15,17H,5-12H2,1-4H3. The molecule has 2 rings (SSSR count). The minimum Gasteiger partial charge on any atom is -0.383 e. The molecule has 0 amide bonds. The maximum atomic E-state index is 5.42. The van der Waals surface area contributed by atoms with Crippen molar-refractivity contribution in [1.82, 2.24) is 10.2 Å². The van der Waals surface area contributed by atoms with Gasteiger partial charge in [-0.2, -0.15) is 0 Å². The highest BCUT2D eigenvalue weighted by molar-refractivity contribution is 4.87. The summed E-state index contributed by atoms with van der Waals surface area (Å²) in [5, 5.41) is 3.66. The first-order chi connectivity index (χ1) is 9.00. The summed E-state index contributed by atoms with van der Waals surface area (Å²) in [6.45, 7) is 11.6. The van der Waals surface area contributed by atoms with Crippen molar-refractivity contribution in [2.75, 3.05) is 33.4 Å². The fourth-order valence-electron chi connectivity index (χ4n) is 3.21. The second-order valence-corrected chi connectivity index (χ2v) is 7.47. The molecule has 0 aromatic rings. The number of methoxy groups -OCH3 is 1. The van der Waals surface area contributed by atoms with Gasteiger partial charge in [0.05, 0.1) is 6.61 Å². The summed E-state index contributed by atoms with van der Waals surface area (Å²) < 4.78 is 5.42. The highest BCUT2D eigenvalue weighted by atomic mass is 16.5. The largest absolute Gasteiger partial charge is 0.383 e. The number of piperidine rings is 1. The van der Waals surface area contributed by atoms with Gasteiger partial charge in [-0.25, -0.2) is 0 Å². The molecule has 2 fully saturated rings. The number of hydrogen-bond acceptors (Lipinski definition) is 3. The van der Waals surface area contributed by atoms with E-state index < -0.39 is 0 Å². The van der Waals surface area contributed by atoms with Crippen molar-refractivity contribution in [1.29, 1.82) is 0 Å². The Labute approximate surface area is 119 Å². The van der Waals surface area contributed by atoms with Crippen LogP contribution in [0.4, 0.5) is 0 Å². The third-order valence-electron chi connectivity index (χ3n) is 4.85. The number of likely N-dealkylation sites (tertiary alicyclic amines) is 1. The molecule has 3 nitrogen and oxygen atoms in total. The van der Waals surface area contributed by atoms with Crippen LogP contribution in [0.25, 0.3) is 0 Å². The van der Waals surface area contributed by atoms with Crippen LogP contribution in [0.3, 0.4) is 0 Å². The molecule has 2 aliphatic rings. The summed E-state index contributed by atoms with van der Waals surface area (Å²) in [7, 11) is 1.83. The van der Waals surface area contributed by atoms with Gasteiger partial charge in [-0.1, -0.05) is 20.8 Å². The van der Waals surface area contributed by atoms with Gasteiger partial charge in [0.1, 0.15) is 0 Å². The lowest BCUT2D eigenvalue weighted by atomic mass is 9.75. The molecule has 19 heavy (non-hydrogen) atoms. The van der Waals surface area contributed by atoms with Gasteiger partial charge in [-0.15, -0.1) is 0 Å². The summed E-state index contributed by atoms with van der Waals surface area (Å²) in [6, 6.07) is 1.36. The SMILES string of the molecule is COCC(CNC1CC1)N1CCC(C(C)(C)C)CC1. The monoisotopic (exact) mass is 268 g/mol. The maximum absolute atomic E-state index is 5.42. The predicted octanol–water partition coefficient (Wildman–Crippen LogP) is 2.51. The van der Waals surface area contributed by atoms with Gasteiger partial charge in [-0.3, -0.25) is 4.90 Å². The van der Waals surface area contributed by atoms with E-state index in [4.69, 9.17) is 4.74 Å². The van der Waals surface area contributed by atoms with Crippen LogP contribution in [0.2, 0.25) is 0 Å². The van der Waals surface area contributed by atoms with Crippen molar-refractivity contribution in [2.24, 2.45) is 11.3 Å². The number of nitrogens with one attached hydrogen (secondary N) is 1. The zero-order valence-electron chi connectivity index (χ0n) is 13.2. The van der Waals surface area contributed by atoms with Gasteiger partial charge in [-0.05, 0) is 50.1 Å². The van der Waals surface area contributed by atoms with Crippen LogP contribution >= 0.6 is 0 Å². The summed E-state index contributed by atoms with van der Waals surface area (Å²) in [5.74, 6) is 0.878. The Morgan fingerprint density at radius 3 is 2.26 bits per heavy atom. The van der Waals surface area contributed by atoms with Crippen molar-refractivity contribution < 1.29 is 4.74 Å². The van der Waals surface area contributed by atoms with E-state index in [0.29, 0.717) is 11.5 Å². The summed E-state index contributed by atoms with van der Waals surface area (Å²) in [4.78, 5) is 2.64. The van der Waals surface area contributed by atoms with Crippen molar-refractivity contribution >= 4 is 0 Å². The predicted molar refractivity (Wildman–Crippen MR) is 80.4 cm³/mol. The second kappa shape index (κ2) is 6.55. The Morgan fingerprint density at radius 1 is 1.16 bits per heavy atom. The number of ether oxygens (including phenoxy) is 1. The summed E-state index contributed by atoms with van der Waals surface area (Å²) in [5.41, 5.74) is 0.467. The molecule has 1 aliphatic carbocycles. The van der Waals surface area contributed by atoms with Crippen LogP contribution in [0.5, 0.6) is 0 Å². The van der Waals surface area contributed by atoms with Crippen LogP contribution in [-0.2, 0) is 4.74 Å². The Bertz CT molecular complexity index is 262. The van der Waals surface area contributed by atoms with Crippen molar-refractivity contribution in [3.05, 3.63) is 0 Å². The Morgan fingerprint density at radius 2 is 1.79 bits per heavy atom. The van der Waals surface area contributed by atoms with E-state index in [2.05, 4.69) is 31.0 Å². The molecule has 0 aromatic heterocycles. The van der Waals surface area contributed by atoms with Crippen LogP contribution in [-0.4, -0.2) is 50.3 Å². The highest BCUT2D eigenvalue weighted by Crippen LogP contribution is 2.34. The first kappa shape index (κ1) is 15.3. The van der Waals surface area contributed by atoms with Gasteiger partial charge < -0.3 is 10.1 Å². The first-order valence-corrected chi connectivity index (χ1v) is 7.97. The smallest absolute Gasteiger partial charge is 0.0630 e. The lowest BCUT2D eigenvalue weighted by Gasteiger charge is -2.41. The molecule has 1 heterocycles. The van der Waals surface area contributed by atoms with E-state index in [1.165, 1.54) is 38.8 Å². The van der Waals surface area contributed by atoms with Gasteiger partial charge in [0.15, 0.2) is 0 Å². The fourth-order valence-corrected chi connectivity index (χ4v) is 3.21. The molecule has 1 unspecified atom stereocenters. The summed E-state index contributed by atoms with van der Waals surface area (Å²) in [6.07, 6.45) is 5.41. The number of hydrogen-bond donors (Lipinski definition) is 1. The van der Waals surface area contributed by atoms with E-state index in [-0.39, 0.29) is 0 Å². The van der Waals surface area contributed by atoms with Crippen molar-refractivity contribution in [3.63, 3.8) is 0 Å². The van der Waals surface area contributed by atoms with E-state index in [1.807, 2.05) is 7.11 Å². The average molecular weight is 268 g/mol. The van der Waals surface area contributed by atoms with E-state index in [9.17, 15) is 0 Å². The zero-order chi connectivity index (χ0) is 13.9. The molecule has 1 saturated carbocycles. The Balaban J connectivity index is 1.78. The number of rotatable bonds is 6. The molecule has 1 N–H and O–H groups in total. The van der Waals surface area contributed by atoms with Crippen LogP contribution in [0.15, 0.2) is 0 Å². The Kier molecular flexibility index (Phi) is 5.27. The molecule has 3 heteroatoms. The van der Waals surface area contributed by atoms with Crippen LogP contribution in [0, 0.1) is 11.3 Å². The van der Waals surface area contributed by atoms with E-state index in [1.54, 1.807) is 0 Å². The van der Waals surface area contributed by atoms with Gasteiger partial charge in [0, 0.05) is 25.7 Å². The maximum Gasteiger partial charge on any atom is 0.0630 e. The molecule has 0 spiro atoms. The first-order valence-electron chi connectivity index (χ1n) is 7.97. The van der Waals surface area contributed by atoms with Gasteiger partial charge in [0.2, 0.25) is 0 Å². The number of nitrogens with zero attached hydrogens (tertiary/aromatic N) is 1. The molecule has 0 bridgehead atoms. The molecule has 0 radical (unpaired) electrons. The molecular formula is C16H32N2O. The third kappa shape index (κ3) is 4.73. The van der Waals surface area contributed by atoms with E-state index >= 15 is 0 Å². The van der Waals surface area contributed by atoms with Gasteiger partial charge in [0.25, 0.3) is 0 Å². The topological polar surface area (TPSA) is 24.5 Å². The molecule has 0 aromatic carbocycles. The van der Waals surface area contributed by atoms with Crippen LogP contribution in [0.1, 0.15) is 46.5 Å². The quantitative estimate of drug-likeness (QED) is 0.801. The Hall–Kier alpha value is -0.120. The average Bonchev–Trinajstić information content (AvgIpc) is 3.17. The molecule has 1 aliphatic heterocycles. The second-order valence-electron chi connectivity index (χ2n) is 7.47. The highest BCUT2D eigenvalue weighted by Gasteiger charge is 2.32. The molecule has 112 valence electrons. The lowest BCUT2D eigenvalue weighted by Crippen LogP contribution is -2.50.